The number of carbonyl (C=O) groups excluding carboxylic acids is 6. The Morgan fingerprint density at radius 2 is 0.925 bits per heavy atom. The summed E-state index contributed by atoms with van der Waals surface area (Å²) in [6.45, 7) is 15.0. The highest BCUT2D eigenvalue weighted by molar-refractivity contribution is 5.93. The van der Waals surface area contributed by atoms with Crippen molar-refractivity contribution >= 4 is 35.1 Å². The lowest BCUT2D eigenvalue weighted by atomic mass is 9.43. The van der Waals surface area contributed by atoms with Gasteiger partial charge < -0.3 is 28.4 Å². The van der Waals surface area contributed by atoms with Crippen LogP contribution in [0.25, 0.3) is 0 Å². The number of rotatable bonds is 8. The van der Waals surface area contributed by atoms with E-state index in [1.54, 1.807) is 0 Å². The second kappa shape index (κ2) is 16.8. The fourth-order valence-electron chi connectivity index (χ4n) is 18.4. The highest BCUT2D eigenvalue weighted by Gasteiger charge is 2.70. The van der Waals surface area contributed by atoms with Gasteiger partial charge in [0.15, 0.2) is 11.6 Å². The summed E-state index contributed by atoms with van der Waals surface area (Å²) in [6.07, 6.45) is 11.9. The Bertz CT molecular complexity index is 1880. The first-order valence-electron chi connectivity index (χ1n) is 26.5. The topological polar surface area (TPSA) is 158 Å². The van der Waals surface area contributed by atoms with Crippen molar-refractivity contribution < 1.29 is 57.2 Å². The predicted octanol–water partition coefficient (Wildman–Crippen LogP) is 8.67. The van der Waals surface area contributed by atoms with Gasteiger partial charge in [0.1, 0.15) is 23.1 Å². The lowest BCUT2D eigenvalue weighted by molar-refractivity contribution is -0.387. The zero-order valence-electron chi connectivity index (χ0n) is 41.9. The molecule has 2 saturated heterocycles. The van der Waals surface area contributed by atoms with E-state index in [9.17, 15) is 28.8 Å². The molecule has 8 aliphatic carbocycles. The molecule has 10 aliphatic rings. The molecule has 10 fully saturated rings. The molecule has 10 rings (SSSR count). The van der Waals surface area contributed by atoms with Crippen LogP contribution in [0.15, 0.2) is 0 Å². The second-order valence-corrected chi connectivity index (χ2v) is 25.5. The molecular weight excluding hydrogens is 853 g/mol. The van der Waals surface area contributed by atoms with E-state index in [-0.39, 0.29) is 93.8 Å². The molecule has 2 aliphatic heterocycles. The van der Waals surface area contributed by atoms with Gasteiger partial charge in [-0.3, -0.25) is 28.8 Å². The summed E-state index contributed by atoms with van der Waals surface area (Å²) in [4.78, 5) is 81.7. The van der Waals surface area contributed by atoms with E-state index in [1.807, 2.05) is 0 Å². The van der Waals surface area contributed by atoms with Gasteiger partial charge in [-0.25, -0.2) is 0 Å². The standard InChI is InChI=1S/C55H80O12/c1-31(9-15-45(60)62-7)35-11-13-37-47-39(23-43(58)51(35,37)5)49(3)17-19-54(25-33(49)21-41(47)56)64-27-53(28-65-54)29-66-55(67-30-53)20-18-50(4)34(26-55)22-42(57)48-38-14-12-36(32(2)10-16-46(61)63-8)52(38,6)44(59)24-40(48)50/h31-40,47-48H,9-30H2,1-8H3/t31-,32-,33-,34-,35-,36-,37+,38+,39+,40+,47+,48+,49+,50+,51-,52-,53?,54?,55?/m1/s1. The normalized spacial score (nSPS) is 49.9. The first-order valence-corrected chi connectivity index (χ1v) is 26.5. The SMILES string of the molecule is COC(=O)CC[C@@H](C)[C@H]1CC[C@H]2[C@@H]3C(=O)C[C@@H]4CC5(CC[C@]4(C)[C@H]3CC(=O)[C@]12C)OCC1(CO5)COC2(CC[C@@]3(C)[C@H](CC(=O)[C@@H]4[C@@H]3CC(=O)[C@]3(C)[C@@H]([C@H](C)CCC(=O)OC)CC[C@@H]43)C2)OC1. The molecule has 0 unspecified atom stereocenters. The molecule has 0 aromatic carbocycles. The zero-order valence-corrected chi connectivity index (χ0v) is 41.9. The van der Waals surface area contributed by atoms with Crippen LogP contribution in [0.2, 0.25) is 0 Å². The number of fused-ring (bicyclic) bond motifs is 10. The van der Waals surface area contributed by atoms with Gasteiger partial charge in [0.2, 0.25) is 0 Å². The van der Waals surface area contributed by atoms with Crippen LogP contribution in [0.5, 0.6) is 0 Å². The molecule has 8 saturated carbocycles. The van der Waals surface area contributed by atoms with Crippen LogP contribution in [-0.4, -0.2) is 87.3 Å². The average molecular weight is 933 g/mol. The number of hydrogen-bond donors (Lipinski definition) is 0. The molecule has 372 valence electrons. The summed E-state index contributed by atoms with van der Waals surface area (Å²) >= 11 is 0. The van der Waals surface area contributed by atoms with E-state index in [4.69, 9.17) is 28.4 Å². The van der Waals surface area contributed by atoms with Crippen molar-refractivity contribution in [3.63, 3.8) is 0 Å². The zero-order chi connectivity index (χ0) is 47.7. The Hall–Kier alpha value is -2.54. The average Bonchev–Trinajstić information content (AvgIpc) is 3.87. The molecule has 67 heavy (non-hydrogen) atoms. The maximum absolute atomic E-state index is 14.4. The molecule has 12 nitrogen and oxygen atoms in total. The smallest absolute Gasteiger partial charge is 0.305 e. The van der Waals surface area contributed by atoms with E-state index in [2.05, 4.69) is 41.5 Å². The molecule has 16 atom stereocenters. The number of ether oxygens (including phenoxy) is 6. The van der Waals surface area contributed by atoms with Crippen molar-refractivity contribution in [3.05, 3.63) is 0 Å². The molecule has 0 aromatic heterocycles. The maximum Gasteiger partial charge on any atom is 0.305 e. The van der Waals surface area contributed by atoms with E-state index >= 15 is 0 Å². The minimum Gasteiger partial charge on any atom is -0.469 e. The van der Waals surface area contributed by atoms with Crippen LogP contribution in [0.4, 0.5) is 0 Å². The monoisotopic (exact) mass is 933 g/mol. The number of Topliss-reactive ketones (excluding diaryl/α,β-unsaturated/α-hetero) is 4. The predicted molar refractivity (Wildman–Crippen MR) is 245 cm³/mol. The number of methoxy groups -OCH3 is 2. The largest absolute Gasteiger partial charge is 0.469 e. The molecule has 0 radical (unpaired) electrons. The molecule has 0 aromatic rings. The minimum atomic E-state index is -0.780. The van der Waals surface area contributed by atoms with Crippen LogP contribution in [-0.2, 0) is 57.2 Å². The highest BCUT2D eigenvalue weighted by atomic mass is 16.7. The number of ketones is 4. The van der Waals surface area contributed by atoms with Gasteiger partial charge >= 0.3 is 11.9 Å². The Morgan fingerprint density at radius 1 is 0.552 bits per heavy atom. The van der Waals surface area contributed by atoms with Gasteiger partial charge in [-0.2, -0.15) is 0 Å². The van der Waals surface area contributed by atoms with Crippen molar-refractivity contribution in [1.29, 1.82) is 0 Å². The second-order valence-electron chi connectivity index (χ2n) is 25.5. The third-order valence-corrected chi connectivity index (χ3v) is 22.8. The van der Waals surface area contributed by atoms with Crippen LogP contribution in [0.3, 0.4) is 0 Å². The Kier molecular flexibility index (Phi) is 12.0. The summed E-state index contributed by atoms with van der Waals surface area (Å²) in [7, 11) is 2.84. The summed E-state index contributed by atoms with van der Waals surface area (Å²) in [5, 5.41) is 0. The van der Waals surface area contributed by atoms with Crippen molar-refractivity contribution in [3.8, 4) is 0 Å². The van der Waals surface area contributed by atoms with Crippen molar-refractivity contribution in [2.45, 2.75) is 169 Å². The molecule has 0 N–H and O–H groups in total. The Labute approximate surface area is 398 Å². The van der Waals surface area contributed by atoms with Gasteiger partial charge in [0.25, 0.3) is 0 Å². The summed E-state index contributed by atoms with van der Waals surface area (Å²) in [5.74, 6) is -0.00458. The van der Waals surface area contributed by atoms with Crippen LogP contribution >= 0.6 is 0 Å². The van der Waals surface area contributed by atoms with Crippen LogP contribution < -0.4 is 0 Å². The summed E-state index contributed by atoms with van der Waals surface area (Å²) < 4.78 is 37.1. The fraction of sp³-hybridized carbons (Fsp3) is 0.891. The lowest BCUT2D eigenvalue weighted by Gasteiger charge is -2.63. The van der Waals surface area contributed by atoms with Gasteiger partial charge in [0, 0.05) is 86.9 Å². The van der Waals surface area contributed by atoms with E-state index in [0.717, 1.165) is 51.4 Å². The quantitative estimate of drug-likeness (QED) is 0.214. The third-order valence-electron chi connectivity index (χ3n) is 22.8. The Morgan fingerprint density at radius 3 is 1.28 bits per heavy atom. The summed E-state index contributed by atoms with van der Waals surface area (Å²) in [6, 6.07) is 0. The first-order chi connectivity index (χ1) is 31.7. The third kappa shape index (κ3) is 7.28. The maximum atomic E-state index is 14.4. The molecule has 0 amide bonds. The summed E-state index contributed by atoms with van der Waals surface area (Å²) in [5.41, 5.74) is -1.86. The highest BCUT2D eigenvalue weighted by Crippen LogP contribution is 2.70. The molecule has 12 heteroatoms. The van der Waals surface area contributed by atoms with Crippen molar-refractivity contribution in [1.82, 2.24) is 0 Å². The van der Waals surface area contributed by atoms with Gasteiger partial charge in [0.05, 0.1) is 46.1 Å². The number of carbonyl (C=O) groups is 6. The molecule has 3 spiro atoms. The van der Waals surface area contributed by atoms with Gasteiger partial charge in [-0.05, 0) is 121 Å². The molecule has 2 heterocycles. The van der Waals surface area contributed by atoms with E-state index in [0.29, 0.717) is 114 Å². The van der Waals surface area contributed by atoms with Crippen LogP contribution in [0, 0.1) is 98.1 Å². The number of hydrogen-bond acceptors (Lipinski definition) is 12. The Balaban J connectivity index is 0.753. The van der Waals surface area contributed by atoms with E-state index < -0.39 is 27.8 Å². The van der Waals surface area contributed by atoms with E-state index in [1.165, 1.54) is 14.2 Å². The molecular formula is C55H80O12. The molecule has 0 bridgehead atoms. The van der Waals surface area contributed by atoms with Gasteiger partial charge in [-0.15, -0.1) is 0 Å². The van der Waals surface area contributed by atoms with Crippen molar-refractivity contribution in [2.75, 3.05) is 40.6 Å². The lowest BCUT2D eigenvalue weighted by Crippen LogP contribution is -2.65. The van der Waals surface area contributed by atoms with Crippen molar-refractivity contribution in [2.24, 2.45) is 98.1 Å². The minimum absolute atomic E-state index is 0.0211. The first kappa shape index (κ1) is 48.1. The van der Waals surface area contributed by atoms with Gasteiger partial charge in [-0.1, -0.05) is 41.5 Å². The number of esters is 2. The fourth-order valence-corrected chi connectivity index (χ4v) is 18.4. The van der Waals surface area contributed by atoms with Crippen LogP contribution in [0.1, 0.15) is 157 Å².